The van der Waals surface area contributed by atoms with Gasteiger partial charge in [-0.25, -0.2) is 0 Å². The number of nitriles is 1. The van der Waals surface area contributed by atoms with Crippen LogP contribution in [0.2, 0.25) is 0 Å². The van der Waals surface area contributed by atoms with Gasteiger partial charge in [0.2, 0.25) is 0 Å². The number of nitrogens with zero attached hydrogens (tertiary/aromatic N) is 1. The van der Waals surface area contributed by atoms with Gasteiger partial charge in [0.15, 0.2) is 0 Å². The standard InChI is InChI=1S/C12H13NO3/c1-8(2)16-11-5-9(7-13)3-4-10(11)6-12(14)15/h3-5,8H,6H2,1-2H3,(H,14,15). The van der Waals surface area contributed by atoms with Crippen LogP contribution in [0.5, 0.6) is 5.75 Å². The zero-order chi connectivity index (χ0) is 12.1. The fraction of sp³-hybridized carbons (Fsp3) is 0.333. The zero-order valence-electron chi connectivity index (χ0n) is 9.23. The second-order valence-electron chi connectivity index (χ2n) is 3.67. The lowest BCUT2D eigenvalue weighted by Gasteiger charge is -2.13. The Hall–Kier alpha value is -2.02. The number of hydrogen-bond donors (Lipinski definition) is 1. The van der Waals surface area contributed by atoms with Gasteiger partial charge in [-0.3, -0.25) is 4.79 Å². The topological polar surface area (TPSA) is 70.3 Å². The van der Waals surface area contributed by atoms with E-state index in [4.69, 9.17) is 15.1 Å². The highest BCUT2D eigenvalue weighted by Gasteiger charge is 2.10. The Morgan fingerprint density at radius 3 is 2.75 bits per heavy atom. The van der Waals surface area contributed by atoms with Crippen LogP contribution in [0.25, 0.3) is 0 Å². The molecule has 0 aliphatic rings. The van der Waals surface area contributed by atoms with Crippen LogP contribution in [0.4, 0.5) is 0 Å². The largest absolute Gasteiger partial charge is 0.491 e. The van der Waals surface area contributed by atoms with Gasteiger partial charge in [-0.1, -0.05) is 6.07 Å². The van der Waals surface area contributed by atoms with Crippen molar-refractivity contribution in [1.29, 1.82) is 5.26 Å². The minimum atomic E-state index is -0.918. The van der Waals surface area contributed by atoms with E-state index in [0.717, 1.165) is 0 Å². The molecular formula is C12H13NO3. The van der Waals surface area contributed by atoms with E-state index in [0.29, 0.717) is 16.9 Å². The molecule has 0 bridgehead atoms. The monoisotopic (exact) mass is 219 g/mol. The number of carbonyl (C=O) groups is 1. The first kappa shape index (κ1) is 12.1. The smallest absolute Gasteiger partial charge is 0.307 e. The third-order valence-corrected chi connectivity index (χ3v) is 1.90. The highest BCUT2D eigenvalue weighted by molar-refractivity contribution is 5.71. The third-order valence-electron chi connectivity index (χ3n) is 1.90. The van der Waals surface area contributed by atoms with Gasteiger partial charge >= 0.3 is 5.97 Å². The molecule has 16 heavy (non-hydrogen) atoms. The molecule has 0 spiro atoms. The normalized spacial score (nSPS) is 9.88. The van der Waals surface area contributed by atoms with Gasteiger partial charge in [0.1, 0.15) is 5.75 Å². The molecular weight excluding hydrogens is 206 g/mol. The van der Waals surface area contributed by atoms with E-state index in [1.807, 2.05) is 19.9 Å². The lowest BCUT2D eigenvalue weighted by atomic mass is 10.1. The maximum absolute atomic E-state index is 10.6. The number of carboxylic acid groups (broad SMARTS) is 1. The molecule has 0 aliphatic heterocycles. The van der Waals surface area contributed by atoms with E-state index in [1.54, 1.807) is 18.2 Å². The molecule has 0 aliphatic carbocycles. The van der Waals surface area contributed by atoms with Gasteiger partial charge in [0.25, 0.3) is 0 Å². The van der Waals surface area contributed by atoms with Crippen LogP contribution >= 0.6 is 0 Å². The highest BCUT2D eigenvalue weighted by atomic mass is 16.5. The van der Waals surface area contributed by atoms with Crippen molar-refractivity contribution in [3.63, 3.8) is 0 Å². The molecule has 0 atom stereocenters. The van der Waals surface area contributed by atoms with E-state index in [2.05, 4.69) is 0 Å². The second-order valence-corrected chi connectivity index (χ2v) is 3.67. The molecule has 1 rings (SSSR count). The van der Waals surface area contributed by atoms with Gasteiger partial charge in [-0.2, -0.15) is 5.26 Å². The summed E-state index contributed by atoms with van der Waals surface area (Å²) in [4.78, 5) is 10.6. The molecule has 1 aromatic rings. The van der Waals surface area contributed by atoms with E-state index in [9.17, 15) is 4.79 Å². The third kappa shape index (κ3) is 3.28. The second kappa shape index (κ2) is 5.17. The van der Waals surface area contributed by atoms with E-state index in [-0.39, 0.29) is 12.5 Å². The first-order chi connectivity index (χ1) is 7.52. The van der Waals surface area contributed by atoms with Crippen LogP contribution in [0.3, 0.4) is 0 Å². The first-order valence-corrected chi connectivity index (χ1v) is 4.94. The van der Waals surface area contributed by atoms with Crippen molar-refractivity contribution >= 4 is 5.97 Å². The summed E-state index contributed by atoms with van der Waals surface area (Å²) in [6.07, 6.45) is -0.158. The summed E-state index contributed by atoms with van der Waals surface area (Å²) >= 11 is 0. The molecule has 1 N–H and O–H groups in total. The number of carboxylic acids is 1. The Morgan fingerprint density at radius 1 is 1.56 bits per heavy atom. The zero-order valence-corrected chi connectivity index (χ0v) is 9.23. The molecule has 4 heteroatoms. The molecule has 0 aromatic heterocycles. The van der Waals surface area contributed by atoms with Crippen molar-refractivity contribution in [2.75, 3.05) is 0 Å². The molecule has 0 fully saturated rings. The Kier molecular flexibility index (Phi) is 3.90. The minimum Gasteiger partial charge on any atom is -0.491 e. The molecule has 1 aromatic carbocycles. The summed E-state index contributed by atoms with van der Waals surface area (Å²) < 4.78 is 5.47. The van der Waals surface area contributed by atoms with Gasteiger partial charge in [0, 0.05) is 5.56 Å². The van der Waals surface area contributed by atoms with Crippen LogP contribution < -0.4 is 4.74 Å². The van der Waals surface area contributed by atoms with Crippen LogP contribution in [0.15, 0.2) is 18.2 Å². The van der Waals surface area contributed by atoms with Crippen molar-refractivity contribution in [3.8, 4) is 11.8 Å². The molecule has 84 valence electrons. The number of hydrogen-bond acceptors (Lipinski definition) is 3. The Balaban J connectivity index is 3.06. The van der Waals surface area contributed by atoms with Crippen LogP contribution in [0, 0.1) is 11.3 Å². The maximum atomic E-state index is 10.6. The van der Waals surface area contributed by atoms with Gasteiger partial charge in [-0.05, 0) is 26.0 Å². The van der Waals surface area contributed by atoms with Crippen molar-refractivity contribution in [2.24, 2.45) is 0 Å². The van der Waals surface area contributed by atoms with Gasteiger partial charge in [0.05, 0.1) is 24.2 Å². The summed E-state index contributed by atoms with van der Waals surface area (Å²) in [5.41, 5.74) is 1.05. The fourth-order valence-electron chi connectivity index (χ4n) is 1.30. The number of ether oxygens (including phenoxy) is 1. The summed E-state index contributed by atoms with van der Waals surface area (Å²) in [7, 11) is 0. The molecule has 0 heterocycles. The summed E-state index contributed by atoms with van der Waals surface area (Å²) in [6.45, 7) is 3.70. The van der Waals surface area contributed by atoms with Gasteiger partial charge in [-0.15, -0.1) is 0 Å². The van der Waals surface area contributed by atoms with Crippen molar-refractivity contribution in [2.45, 2.75) is 26.4 Å². The van der Waals surface area contributed by atoms with E-state index in [1.165, 1.54) is 0 Å². The molecule has 0 amide bonds. The van der Waals surface area contributed by atoms with Crippen LogP contribution in [0.1, 0.15) is 25.0 Å². The van der Waals surface area contributed by atoms with Crippen molar-refractivity contribution < 1.29 is 14.6 Å². The molecule has 4 nitrogen and oxygen atoms in total. The average Bonchev–Trinajstić information content (AvgIpc) is 2.19. The highest BCUT2D eigenvalue weighted by Crippen LogP contribution is 2.22. The fourth-order valence-corrected chi connectivity index (χ4v) is 1.30. The summed E-state index contributed by atoms with van der Waals surface area (Å²) in [5.74, 6) is -0.449. The SMILES string of the molecule is CC(C)Oc1cc(C#N)ccc1CC(=O)O. The van der Waals surface area contributed by atoms with Gasteiger partial charge < -0.3 is 9.84 Å². The predicted molar refractivity (Wildman–Crippen MR) is 58.3 cm³/mol. The lowest BCUT2D eigenvalue weighted by molar-refractivity contribution is -0.136. The quantitative estimate of drug-likeness (QED) is 0.840. The average molecular weight is 219 g/mol. The molecule has 0 radical (unpaired) electrons. The van der Waals surface area contributed by atoms with E-state index >= 15 is 0 Å². The van der Waals surface area contributed by atoms with Crippen LogP contribution in [-0.2, 0) is 11.2 Å². The van der Waals surface area contributed by atoms with Crippen molar-refractivity contribution in [3.05, 3.63) is 29.3 Å². The Morgan fingerprint density at radius 2 is 2.25 bits per heavy atom. The maximum Gasteiger partial charge on any atom is 0.307 e. The number of rotatable bonds is 4. The Labute approximate surface area is 94.1 Å². The molecule has 0 unspecified atom stereocenters. The van der Waals surface area contributed by atoms with Crippen molar-refractivity contribution in [1.82, 2.24) is 0 Å². The lowest BCUT2D eigenvalue weighted by Crippen LogP contribution is -2.09. The minimum absolute atomic E-state index is 0.0542. The summed E-state index contributed by atoms with van der Waals surface area (Å²) in [6, 6.07) is 6.77. The molecule has 0 saturated carbocycles. The van der Waals surface area contributed by atoms with E-state index < -0.39 is 5.97 Å². The number of aliphatic carboxylic acids is 1. The van der Waals surface area contributed by atoms with Crippen LogP contribution in [-0.4, -0.2) is 17.2 Å². The number of benzene rings is 1. The Bertz CT molecular complexity index is 432. The summed E-state index contributed by atoms with van der Waals surface area (Å²) in [5, 5.41) is 17.5. The first-order valence-electron chi connectivity index (χ1n) is 4.94. The predicted octanol–water partition coefficient (Wildman–Crippen LogP) is 1.97. The molecule has 0 saturated heterocycles.